The van der Waals surface area contributed by atoms with E-state index in [1.807, 2.05) is 6.07 Å². The SMILES string of the molecule is O=C(Nc1ccc(F)cc1)Nc1cc(C(=O)NCc2cccc(F)c2)ccc1N1CCCC1. The third-order valence-electron chi connectivity index (χ3n) is 5.40. The molecule has 1 aliphatic rings. The largest absolute Gasteiger partial charge is 0.370 e. The number of anilines is 3. The molecule has 1 aliphatic heterocycles. The molecule has 3 aromatic carbocycles. The Labute approximate surface area is 190 Å². The highest BCUT2D eigenvalue weighted by Crippen LogP contribution is 2.30. The number of hydrogen-bond acceptors (Lipinski definition) is 3. The Morgan fingerprint density at radius 1 is 0.848 bits per heavy atom. The second-order valence-electron chi connectivity index (χ2n) is 7.82. The van der Waals surface area contributed by atoms with E-state index in [-0.39, 0.29) is 18.3 Å². The minimum absolute atomic E-state index is 0.179. The zero-order valence-corrected chi connectivity index (χ0v) is 17.9. The molecule has 1 heterocycles. The third kappa shape index (κ3) is 5.85. The second-order valence-corrected chi connectivity index (χ2v) is 7.82. The predicted molar refractivity (Wildman–Crippen MR) is 125 cm³/mol. The van der Waals surface area contributed by atoms with Crippen LogP contribution in [0.1, 0.15) is 28.8 Å². The Bertz CT molecular complexity index is 1150. The van der Waals surface area contributed by atoms with Gasteiger partial charge >= 0.3 is 6.03 Å². The summed E-state index contributed by atoms with van der Waals surface area (Å²) in [5.74, 6) is -1.10. The number of benzene rings is 3. The van der Waals surface area contributed by atoms with Crippen LogP contribution < -0.4 is 20.9 Å². The van der Waals surface area contributed by atoms with E-state index in [9.17, 15) is 18.4 Å². The molecule has 6 nitrogen and oxygen atoms in total. The van der Waals surface area contributed by atoms with Gasteiger partial charge in [0.05, 0.1) is 11.4 Å². The van der Waals surface area contributed by atoms with Gasteiger partial charge in [-0.25, -0.2) is 13.6 Å². The van der Waals surface area contributed by atoms with E-state index < -0.39 is 11.8 Å². The molecular weight excluding hydrogens is 426 g/mol. The Hall–Kier alpha value is -3.94. The fraction of sp³-hybridized carbons (Fsp3) is 0.200. The normalized spacial score (nSPS) is 13.0. The molecule has 0 bridgehead atoms. The van der Waals surface area contributed by atoms with Crippen molar-refractivity contribution in [1.29, 1.82) is 0 Å². The van der Waals surface area contributed by atoms with Crippen molar-refractivity contribution in [1.82, 2.24) is 5.32 Å². The summed E-state index contributed by atoms with van der Waals surface area (Å²) in [6, 6.07) is 16.1. The van der Waals surface area contributed by atoms with E-state index in [1.165, 1.54) is 36.4 Å². The van der Waals surface area contributed by atoms with Crippen molar-refractivity contribution in [2.24, 2.45) is 0 Å². The monoisotopic (exact) mass is 450 g/mol. The van der Waals surface area contributed by atoms with Gasteiger partial charge in [0.1, 0.15) is 11.6 Å². The molecular formula is C25H24F2N4O2. The summed E-state index contributed by atoms with van der Waals surface area (Å²) in [4.78, 5) is 27.5. The number of halogens is 2. The maximum Gasteiger partial charge on any atom is 0.323 e. The van der Waals surface area contributed by atoms with Gasteiger partial charge in [-0.2, -0.15) is 0 Å². The van der Waals surface area contributed by atoms with Gasteiger partial charge in [-0.1, -0.05) is 12.1 Å². The lowest BCUT2D eigenvalue weighted by Crippen LogP contribution is -2.26. The Kier molecular flexibility index (Phi) is 6.83. The van der Waals surface area contributed by atoms with Crippen LogP contribution in [-0.2, 0) is 6.54 Å². The summed E-state index contributed by atoms with van der Waals surface area (Å²) >= 11 is 0. The van der Waals surface area contributed by atoms with Crippen LogP contribution in [-0.4, -0.2) is 25.0 Å². The first-order chi connectivity index (χ1) is 16.0. The first kappa shape index (κ1) is 22.3. The topological polar surface area (TPSA) is 73.5 Å². The molecule has 170 valence electrons. The first-order valence-electron chi connectivity index (χ1n) is 10.7. The molecule has 4 rings (SSSR count). The van der Waals surface area contributed by atoms with Crippen molar-refractivity contribution >= 4 is 29.0 Å². The minimum Gasteiger partial charge on any atom is -0.370 e. The fourth-order valence-corrected chi connectivity index (χ4v) is 3.76. The number of carbonyl (C=O) groups excluding carboxylic acids is 2. The van der Waals surface area contributed by atoms with E-state index in [0.29, 0.717) is 22.5 Å². The molecule has 0 atom stereocenters. The van der Waals surface area contributed by atoms with Crippen LogP contribution in [0.2, 0.25) is 0 Å². The molecule has 8 heteroatoms. The number of urea groups is 1. The van der Waals surface area contributed by atoms with Gasteiger partial charge < -0.3 is 20.9 Å². The maximum absolute atomic E-state index is 13.4. The second kappa shape index (κ2) is 10.1. The summed E-state index contributed by atoms with van der Waals surface area (Å²) in [7, 11) is 0. The van der Waals surface area contributed by atoms with Crippen LogP contribution in [0.4, 0.5) is 30.6 Å². The average Bonchev–Trinajstić information content (AvgIpc) is 3.34. The van der Waals surface area contributed by atoms with Gasteiger partial charge in [0.15, 0.2) is 0 Å². The van der Waals surface area contributed by atoms with Gasteiger partial charge in [0.2, 0.25) is 0 Å². The smallest absolute Gasteiger partial charge is 0.323 e. The van der Waals surface area contributed by atoms with Crippen LogP contribution in [0.5, 0.6) is 0 Å². The van der Waals surface area contributed by atoms with Gasteiger partial charge in [0, 0.05) is 30.9 Å². The van der Waals surface area contributed by atoms with Crippen LogP contribution in [0.15, 0.2) is 66.7 Å². The Morgan fingerprint density at radius 3 is 2.33 bits per heavy atom. The van der Waals surface area contributed by atoms with Crippen molar-refractivity contribution < 1.29 is 18.4 Å². The summed E-state index contributed by atoms with van der Waals surface area (Å²) < 4.78 is 26.5. The molecule has 0 spiro atoms. The number of amides is 3. The van der Waals surface area contributed by atoms with Crippen molar-refractivity contribution in [3.05, 3.63) is 89.5 Å². The first-order valence-corrected chi connectivity index (χ1v) is 10.7. The highest BCUT2D eigenvalue weighted by Gasteiger charge is 2.19. The van der Waals surface area contributed by atoms with Crippen LogP contribution >= 0.6 is 0 Å². The number of hydrogen-bond donors (Lipinski definition) is 3. The summed E-state index contributed by atoms with van der Waals surface area (Å²) in [6.45, 7) is 1.90. The van der Waals surface area contributed by atoms with Crippen molar-refractivity contribution in [2.75, 3.05) is 28.6 Å². The number of nitrogens with one attached hydrogen (secondary N) is 3. The lowest BCUT2D eigenvalue weighted by Gasteiger charge is -2.22. The standard InChI is InChI=1S/C25H24F2N4O2/c26-19-7-9-21(10-8-19)29-25(33)30-22-15-18(6-11-23(22)31-12-1-2-13-31)24(32)28-16-17-4-3-5-20(27)14-17/h3-11,14-15H,1-2,12-13,16H2,(H,28,32)(H2,29,30,33). The molecule has 3 aromatic rings. The zero-order valence-electron chi connectivity index (χ0n) is 17.9. The van der Waals surface area contributed by atoms with Crippen LogP contribution in [0, 0.1) is 11.6 Å². The van der Waals surface area contributed by atoms with Gasteiger partial charge in [0.25, 0.3) is 5.91 Å². The molecule has 0 unspecified atom stereocenters. The zero-order chi connectivity index (χ0) is 23.2. The Balaban J connectivity index is 1.50. The van der Waals surface area contributed by atoms with E-state index in [0.717, 1.165) is 31.6 Å². The van der Waals surface area contributed by atoms with E-state index in [1.54, 1.807) is 24.3 Å². The molecule has 3 N–H and O–H groups in total. The highest BCUT2D eigenvalue weighted by atomic mass is 19.1. The van der Waals surface area contributed by atoms with Crippen LogP contribution in [0.25, 0.3) is 0 Å². The van der Waals surface area contributed by atoms with Crippen molar-refractivity contribution in [3.8, 4) is 0 Å². The lowest BCUT2D eigenvalue weighted by molar-refractivity contribution is 0.0951. The predicted octanol–water partition coefficient (Wildman–Crippen LogP) is 5.14. The molecule has 0 aliphatic carbocycles. The summed E-state index contributed by atoms with van der Waals surface area (Å²) in [5, 5.41) is 8.25. The average molecular weight is 450 g/mol. The van der Waals surface area contributed by atoms with Gasteiger partial charge in [-0.3, -0.25) is 4.79 Å². The van der Waals surface area contributed by atoms with E-state index in [2.05, 4.69) is 20.9 Å². The van der Waals surface area contributed by atoms with Crippen LogP contribution in [0.3, 0.4) is 0 Å². The minimum atomic E-state index is -0.501. The molecule has 3 amide bonds. The Morgan fingerprint density at radius 2 is 1.61 bits per heavy atom. The number of rotatable bonds is 6. The summed E-state index contributed by atoms with van der Waals surface area (Å²) in [5.41, 5.74) is 2.78. The van der Waals surface area contributed by atoms with Gasteiger partial charge in [-0.15, -0.1) is 0 Å². The molecule has 1 fully saturated rings. The van der Waals surface area contributed by atoms with Gasteiger partial charge in [-0.05, 0) is 73.0 Å². The third-order valence-corrected chi connectivity index (χ3v) is 5.40. The molecule has 0 radical (unpaired) electrons. The van der Waals surface area contributed by atoms with E-state index >= 15 is 0 Å². The van der Waals surface area contributed by atoms with E-state index in [4.69, 9.17) is 0 Å². The molecule has 33 heavy (non-hydrogen) atoms. The highest BCUT2D eigenvalue weighted by molar-refractivity contribution is 6.04. The molecule has 0 saturated carbocycles. The van der Waals surface area contributed by atoms with Crippen molar-refractivity contribution in [2.45, 2.75) is 19.4 Å². The summed E-state index contributed by atoms with van der Waals surface area (Å²) in [6.07, 6.45) is 2.11. The number of nitrogens with zero attached hydrogens (tertiary/aromatic N) is 1. The van der Waals surface area contributed by atoms with Crippen molar-refractivity contribution in [3.63, 3.8) is 0 Å². The quantitative estimate of drug-likeness (QED) is 0.487. The number of carbonyl (C=O) groups is 2. The molecule has 0 aromatic heterocycles. The lowest BCUT2D eigenvalue weighted by atomic mass is 10.1. The maximum atomic E-state index is 13.4. The fourth-order valence-electron chi connectivity index (χ4n) is 3.76. The molecule has 1 saturated heterocycles.